The molecule has 1 aromatic rings. The second-order valence-electron chi connectivity index (χ2n) is 3.09. The highest BCUT2D eigenvalue weighted by atomic mass is 35.7. The number of hydrogen-bond acceptors (Lipinski definition) is 5. The molecule has 5 nitrogen and oxygen atoms in total. The lowest BCUT2D eigenvalue weighted by molar-refractivity contribution is -0.276. The van der Waals surface area contributed by atoms with Gasteiger partial charge in [-0.2, -0.15) is 0 Å². The van der Waals surface area contributed by atoms with Crippen LogP contribution in [0, 0.1) is 6.92 Å². The number of pyridine rings is 1. The summed E-state index contributed by atoms with van der Waals surface area (Å²) in [5.74, 6) is -1.71. The molecule has 1 rings (SSSR count). The van der Waals surface area contributed by atoms with Gasteiger partial charge in [0.1, 0.15) is 4.90 Å². The number of hydrogen-bond donors (Lipinski definition) is 0. The summed E-state index contributed by atoms with van der Waals surface area (Å²) >= 11 is 0. The summed E-state index contributed by atoms with van der Waals surface area (Å²) in [6.07, 6.45) is -5.10. The van der Waals surface area contributed by atoms with Gasteiger partial charge in [0.15, 0.2) is 0 Å². The molecule has 0 aliphatic carbocycles. The lowest BCUT2D eigenvalue weighted by Gasteiger charge is -2.14. The fourth-order valence-corrected chi connectivity index (χ4v) is 2.14. The molecule has 0 bridgehead atoms. The molecular formula is C8H7ClF3NO4S. The lowest BCUT2D eigenvalue weighted by Crippen LogP contribution is -2.19. The fourth-order valence-electron chi connectivity index (χ4n) is 1.13. The maximum Gasteiger partial charge on any atom is 0.573 e. The number of rotatable bonds is 3. The number of nitrogens with zero attached hydrogens (tertiary/aromatic N) is 1. The summed E-state index contributed by atoms with van der Waals surface area (Å²) in [5, 5.41) is 0. The highest BCUT2D eigenvalue weighted by Crippen LogP contribution is 2.38. The Morgan fingerprint density at radius 1 is 1.39 bits per heavy atom. The van der Waals surface area contributed by atoms with Gasteiger partial charge in [0, 0.05) is 16.4 Å². The van der Waals surface area contributed by atoms with Crippen molar-refractivity contribution in [3.8, 4) is 11.6 Å². The first kappa shape index (κ1) is 14.8. The van der Waals surface area contributed by atoms with E-state index in [2.05, 4.69) is 14.5 Å². The third-order valence-electron chi connectivity index (χ3n) is 1.71. The molecule has 0 N–H and O–H groups in total. The largest absolute Gasteiger partial charge is 0.573 e. The lowest BCUT2D eigenvalue weighted by atomic mass is 10.3. The van der Waals surface area contributed by atoms with Crippen LogP contribution < -0.4 is 9.47 Å². The van der Waals surface area contributed by atoms with Gasteiger partial charge in [-0.15, -0.1) is 13.2 Å². The van der Waals surface area contributed by atoms with E-state index in [1.165, 1.54) is 6.92 Å². The van der Waals surface area contributed by atoms with Crippen LogP contribution >= 0.6 is 10.7 Å². The molecule has 0 aliphatic heterocycles. The number of aryl methyl sites for hydroxylation is 1. The third kappa shape index (κ3) is 3.64. The number of ether oxygens (including phenoxy) is 2. The standard InChI is InChI=1S/C8H7ClF3NO4S/c1-4-3-5(18(9,14)15)6(7(13-4)16-2)17-8(10,11)12/h3H,1-2H3. The summed E-state index contributed by atoms with van der Waals surface area (Å²) in [6.45, 7) is 1.37. The summed E-state index contributed by atoms with van der Waals surface area (Å²) < 4.78 is 67.1. The summed E-state index contributed by atoms with van der Waals surface area (Å²) in [6, 6.07) is 0.853. The van der Waals surface area contributed by atoms with Gasteiger partial charge in [0.05, 0.1) is 7.11 Å². The number of aromatic nitrogens is 1. The van der Waals surface area contributed by atoms with E-state index in [1.807, 2.05) is 0 Å². The van der Waals surface area contributed by atoms with Crippen LogP contribution in [0.25, 0.3) is 0 Å². The maximum atomic E-state index is 12.2. The van der Waals surface area contributed by atoms with Gasteiger partial charge < -0.3 is 9.47 Å². The molecule has 0 fully saturated rings. The van der Waals surface area contributed by atoms with Crippen molar-refractivity contribution < 1.29 is 31.1 Å². The van der Waals surface area contributed by atoms with Crippen LogP contribution in [0.1, 0.15) is 5.69 Å². The molecule has 0 saturated carbocycles. The Morgan fingerprint density at radius 3 is 2.33 bits per heavy atom. The van der Waals surface area contributed by atoms with E-state index in [1.54, 1.807) is 0 Å². The maximum absolute atomic E-state index is 12.2. The first-order chi connectivity index (χ1) is 8.04. The summed E-state index contributed by atoms with van der Waals surface area (Å²) in [4.78, 5) is 2.72. The van der Waals surface area contributed by atoms with Crippen molar-refractivity contribution >= 4 is 19.7 Å². The Kier molecular flexibility index (Phi) is 3.96. The monoisotopic (exact) mass is 305 g/mol. The molecule has 0 radical (unpaired) electrons. The Bertz CT molecular complexity index is 558. The molecule has 1 heterocycles. The van der Waals surface area contributed by atoms with Gasteiger partial charge in [-0.25, -0.2) is 13.4 Å². The average Bonchev–Trinajstić information content (AvgIpc) is 2.16. The van der Waals surface area contributed by atoms with Gasteiger partial charge in [0.2, 0.25) is 5.75 Å². The van der Waals surface area contributed by atoms with Crippen LogP contribution in [0.5, 0.6) is 11.6 Å². The van der Waals surface area contributed by atoms with Crippen LogP contribution in [-0.2, 0) is 9.05 Å². The Morgan fingerprint density at radius 2 is 1.94 bits per heavy atom. The minimum atomic E-state index is -5.10. The zero-order valence-electron chi connectivity index (χ0n) is 9.08. The van der Waals surface area contributed by atoms with Crippen LogP contribution in [0.4, 0.5) is 13.2 Å². The van der Waals surface area contributed by atoms with E-state index in [9.17, 15) is 21.6 Å². The number of halogens is 4. The van der Waals surface area contributed by atoms with E-state index in [4.69, 9.17) is 10.7 Å². The molecular weight excluding hydrogens is 299 g/mol. The first-order valence-corrected chi connectivity index (χ1v) is 6.61. The van der Waals surface area contributed by atoms with E-state index < -0.39 is 31.9 Å². The van der Waals surface area contributed by atoms with Gasteiger partial charge in [-0.1, -0.05) is 0 Å². The van der Waals surface area contributed by atoms with Crippen LogP contribution in [0.15, 0.2) is 11.0 Å². The topological polar surface area (TPSA) is 65.5 Å². The van der Waals surface area contributed by atoms with Gasteiger partial charge in [-0.3, -0.25) is 0 Å². The van der Waals surface area contributed by atoms with Gasteiger partial charge in [-0.05, 0) is 13.0 Å². The van der Waals surface area contributed by atoms with Crippen LogP contribution in [0.2, 0.25) is 0 Å². The van der Waals surface area contributed by atoms with Crippen molar-refractivity contribution in [1.82, 2.24) is 4.98 Å². The van der Waals surface area contributed by atoms with E-state index in [0.717, 1.165) is 13.2 Å². The molecule has 10 heteroatoms. The second kappa shape index (κ2) is 4.81. The molecule has 0 atom stereocenters. The summed E-state index contributed by atoms with van der Waals surface area (Å²) in [7, 11) is 1.62. The zero-order chi connectivity index (χ0) is 14.1. The second-order valence-corrected chi connectivity index (χ2v) is 5.62. The molecule has 0 saturated heterocycles. The number of alkyl halides is 3. The molecule has 0 aromatic carbocycles. The minimum Gasteiger partial charge on any atom is -0.478 e. The van der Waals surface area contributed by atoms with Gasteiger partial charge in [0.25, 0.3) is 14.9 Å². The highest BCUT2D eigenvalue weighted by Gasteiger charge is 2.36. The Hall–Kier alpha value is -1.22. The van der Waals surface area contributed by atoms with Crippen LogP contribution in [0.3, 0.4) is 0 Å². The minimum absolute atomic E-state index is 0.112. The van der Waals surface area contributed by atoms with Crippen molar-refractivity contribution in [2.45, 2.75) is 18.2 Å². The van der Waals surface area contributed by atoms with Crippen molar-refractivity contribution in [3.05, 3.63) is 11.8 Å². The van der Waals surface area contributed by atoms with Gasteiger partial charge >= 0.3 is 6.36 Å². The first-order valence-electron chi connectivity index (χ1n) is 4.30. The molecule has 102 valence electrons. The van der Waals surface area contributed by atoms with Crippen molar-refractivity contribution in [2.24, 2.45) is 0 Å². The predicted octanol–water partition coefficient (Wildman–Crippen LogP) is 2.22. The number of methoxy groups -OCH3 is 1. The molecule has 0 spiro atoms. The Balaban J connectivity index is 3.53. The van der Waals surface area contributed by atoms with Crippen molar-refractivity contribution in [3.63, 3.8) is 0 Å². The fraction of sp³-hybridized carbons (Fsp3) is 0.375. The highest BCUT2D eigenvalue weighted by molar-refractivity contribution is 8.13. The zero-order valence-corrected chi connectivity index (χ0v) is 10.7. The predicted molar refractivity (Wildman–Crippen MR) is 55.2 cm³/mol. The SMILES string of the molecule is COc1nc(C)cc(S(=O)(=O)Cl)c1OC(F)(F)F. The molecule has 0 aliphatic rings. The quantitative estimate of drug-likeness (QED) is 0.801. The average molecular weight is 306 g/mol. The van der Waals surface area contributed by atoms with E-state index in [0.29, 0.717) is 0 Å². The van der Waals surface area contributed by atoms with Crippen molar-refractivity contribution in [1.29, 1.82) is 0 Å². The normalized spacial score (nSPS) is 12.3. The third-order valence-corrected chi connectivity index (χ3v) is 3.04. The van der Waals surface area contributed by atoms with E-state index >= 15 is 0 Å². The smallest absolute Gasteiger partial charge is 0.478 e. The molecule has 0 amide bonds. The molecule has 0 unspecified atom stereocenters. The molecule has 1 aromatic heterocycles. The van der Waals surface area contributed by atoms with Crippen molar-refractivity contribution in [2.75, 3.05) is 7.11 Å². The van der Waals surface area contributed by atoms with Crippen LogP contribution in [-0.4, -0.2) is 26.9 Å². The summed E-state index contributed by atoms with van der Waals surface area (Å²) in [5.41, 5.74) is 0.112. The molecule has 18 heavy (non-hydrogen) atoms. The van der Waals surface area contributed by atoms with E-state index in [-0.39, 0.29) is 5.69 Å². The Labute approximate surface area is 105 Å².